The molecular weight excluding hydrogens is 432 g/mol. The number of likely N-dealkylation sites (tertiary alicyclic amines) is 1. The molecule has 7 heteroatoms. The minimum absolute atomic E-state index is 0.0232. The van der Waals surface area contributed by atoms with Crippen LogP contribution < -0.4 is 5.32 Å². The lowest BCUT2D eigenvalue weighted by Gasteiger charge is -2.31. The molecule has 1 saturated heterocycles. The van der Waals surface area contributed by atoms with Crippen molar-refractivity contribution >= 4 is 23.6 Å². The number of carbonyl (C=O) groups excluding carboxylic acids is 2. The van der Waals surface area contributed by atoms with E-state index < -0.39 is 0 Å². The van der Waals surface area contributed by atoms with Gasteiger partial charge in [0.15, 0.2) is 0 Å². The number of rotatable bonds is 6. The van der Waals surface area contributed by atoms with E-state index in [0.29, 0.717) is 43.6 Å². The Morgan fingerprint density at radius 2 is 1.76 bits per heavy atom. The second-order valence-electron chi connectivity index (χ2n) is 7.85. The van der Waals surface area contributed by atoms with Gasteiger partial charge < -0.3 is 10.2 Å². The van der Waals surface area contributed by atoms with Crippen molar-refractivity contribution in [3.05, 3.63) is 89.7 Å². The maximum atomic E-state index is 13.3. The highest BCUT2D eigenvalue weighted by molar-refractivity contribution is 7.99. The molecule has 6 nitrogen and oxygen atoms in total. The van der Waals surface area contributed by atoms with Crippen molar-refractivity contribution in [1.82, 2.24) is 15.2 Å². The van der Waals surface area contributed by atoms with Gasteiger partial charge in [-0.25, -0.2) is 0 Å². The van der Waals surface area contributed by atoms with E-state index >= 15 is 0 Å². The molecule has 1 aliphatic heterocycles. The molecule has 2 amide bonds. The lowest BCUT2D eigenvalue weighted by atomic mass is 9.95. The molecule has 33 heavy (non-hydrogen) atoms. The number of hydrogen-bond donors (Lipinski definition) is 1. The summed E-state index contributed by atoms with van der Waals surface area (Å²) in [4.78, 5) is 33.4. The molecule has 0 spiro atoms. The molecule has 3 aromatic rings. The fourth-order valence-electron chi connectivity index (χ4n) is 3.85. The monoisotopic (exact) mass is 456 g/mol. The normalized spacial score (nSPS) is 13.8. The zero-order valence-corrected chi connectivity index (χ0v) is 18.9. The summed E-state index contributed by atoms with van der Waals surface area (Å²) in [6.07, 6.45) is 4.72. The van der Waals surface area contributed by atoms with Crippen molar-refractivity contribution in [3.63, 3.8) is 0 Å². The largest absolute Gasteiger partial charge is 0.352 e. The predicted octanol–water partition coefficient (Wildman–Crippen LogP) is 4.27. The van der Waals surface area contributed by atoms with Gasteiger partial charge in [-0.2, -0.15) is 5.26 Å². The van der Waals surface area contributed by atoms with E-state index in [1.54, 1.807) is 18.5 Å². The minimum atomic E-state index is -0.0992. The molecule has 0 aliphatic carbocycles. The Bertz CT molecular complexity index is 1170. The van der Waals surface area contributed by atoms with Crippen LogP contribution in [0.4, 0.5) is 0 Å². The lowest BCUT2D eigenvalue weighted by molar-refractivity contribution is -0.126. The van der Waals surface area contributed by atoms with Gasteiger partial charge in [-0.05, 0) is 48.7 Å². The third-order valence-corrected chi connectivity index (χ3v) is 6.84. The summed E-state index contributed by atoms with van der Waals surface area (Å²) >= 11 is 1.43. The van der Waals surface area contributed by atoms with E-state index in [2.05, 4.69) is 16.4 Å². The molecule has 1 N–H and O–H groups in total. The van der Waals surface area contributed by atoms with Gasteiger partial charge in [0.25, 0.3) is 5.91 Å². The van der Waals surface area contributed by atoms with E-state index in [1.165, 1.54) is 11.8 Å². The van der Waals surface area contributed by atoms with Crippen LogP contribution in [0.5, 0.6) is 0 Å². The highest BCUT2D eigenvalue weighted by Crippen LogP contribution is 2.33. The molecule has 1 aliphatic rings. The average molecular weight is 457 g/mol. The molecule has 0 bridgehead atoms. The first kappa shape index (κ1) is 22.6. The van der Waals surface area contributed by atoms with Crippen LogP contribution in [-0.4, -0.2) is 34.8 Å². The second-order valence-corrected chi connectivity index (χ2v) is 8.94. The molecule has 0 saturated carbocycles. The number of benzene rings is 2. The van der Waals surface area contributed by atoms with Crippen LogP contribution in [0.3, 0.4) is 0 Å². The van der Waals surface area contributed by atoms with Gasteiger partial charge in [0.2, 0.25) is 5.91 Å². The summed E-state index contributed by atoms with van der Waals surface area (Å²) < 4.78 is 0. The van der Waals surface area contributed by atoms with Crippen molar-refractivity contribution in [1.29, 1.82) is 5.26 Å². The molecule has 1 fully saturated rings. The van der Waals surface area contributed by atoms with Gasteiger partial charge >= 0.3 is 0 Å². The molecule has 2 heterocycles. The predicted molar refractivity (Wildman–Crippen MR) is 126 cm³/mol. The van der Waals surface area contributed by atoms with Gasteiger partial charge in [-0.3, -0.25) is 14.6 Å². The number of nitriles is 1. The first-order valence-corrected chi connectivity index (χ1v) is 11.7. The highest BCUT2D eigenvalue weighted by atomic mass is 32.2. The Morgan fingerprint density at radius 1 is 1.03 bits per heavy atom. The number of nitrogens with zero attached hydrogens (tertiary/aromatic N) is 3. The molecule has 0 radical (unpaired) electrons. The Hall–Kier alpha value is -3.63. The fourth-order valence-corrected chi connectivity index (χ4v) is 4.87. The molecule has 2 aromatic carbocycles. The maximum Gasteiger partial charge on any atom is 0.255 e. The second kappa shape index (κ2) is 10.8. The quantitative estimate of drug-likeness (QED) is 0.599. The Kier molecular flexibility index (Phi) is 7.38. The zero-order valence-electron chi connectivity index (χ0n) is 18.1. The summed E-state index contributed by atoms with van der Waals surface area (Å²) in [7, 11) is 0. The molecule has 0 unspecified atom stereocenters. The number of carbonyl (C=O) groups is 2. The van der Waals surface area contributed by atoms with E-state index in [0.717, 1.165) is 15.4 Å². The van der Waals surface area contributed by atoms with E-state index in [-0.39, 0.29) is 17.7 Å². The van der Waals surface area contributed by atoms with Crippen LogP contribution in [0.2, 0.25) is 0 Å². The van der Waals surface area contributed by atoms with E-state index in [4.69, 9.17) is 0 Å². The minimum Gasteiger partial charge on any atom is -0.352 e. The van der Waals surface area contributed by atoms with Crippen LogP contribution in [-0.2, 0) is 11.3 Å². The molecule has 1 aromatic heterocycles. The van der Waals surface area contributed by atoms with Crippen LogP contribution >= 0.6 is 11.8 Å². The first-order chi connectivity index (χ1) is 16.2. The Labute approximate surface area is 197 Å². The van der Waals surface area contributed by atoms with Crippen LogP contribution in [0.1, 0.15) is 34.3 Å². The van der Waals surface area contributed by atoms with Gasteiger partial charge in [-0.1, -0.05) is 42.1 Å². The standard InChI is InChI=1S/C26H24N4O2S/c27-16-21-7-1-3-9-23(21)33-24-10-4-2-8-22(24)26(32)30-14-11-20(12-15-30)25(31)29-18-19-6-5-13-28-17-19/h1-10,13,17,20H,11-12,14-15,18H2,(H,29,31). The van der Waals surface area contributed by atoms with Crippen LogP contribution in [0.25, 0.3) is 0 Å². The van der Waals surface area contributed by atoms with Crippen LogP contribution in [0.15, 0.2) is 82.8 Å². The highest BCUT2D eigenvalue weighted by Gasteiger charge is 2.28. The number of nitrogens with one attached hydrogen (secondary N) is 1. The number of hydrogen-bond acceptors (Lipinski definition) is 5. The van der Waals surface area contributed by atoms with Crippen molar-refractivity contribution in [2.24, 2.45) is 5.92 Å². The summed E-state index contributed by atoms with van der Waals surface area (Å²) in [5, 5.41) is 12.4. The fraction of sp³-hybridized carbons (Fsp3) is 0.231. The SMILES string of the molecule is N#Cc1ccccc1Sc1ccccc1C(=O)N1CCC(C(=O)NCc2cccnc2)CC1. The van der Waals surface area contributed by atoms with Crippen LogP contribution in [0, 0.1) is 17.2 Å². The van der Waals surface area contributed by atoms with Crippen molar-refractivity contribution in [2.45, 2.75) is 29.2 Å². The van der Waals surface area contributed by atoms with Gasteiger partial charge in [0.1, 0.15) is 6.07 Å². The summed E-state index contributed by atoms with van der Waals surface area (Å²) in [6, 6.07) is 20.8. The topological polar surface area (TPSA) is 86.1 Å². The number of aromatic nitrogens is 1. The smallest absolute Gasteiger partial charge is 0.255 e. The van der Waals surface area contributed by atoms with Gasteiger partial charge in [0.05, 0.1) is 11.1 Å². The zero-order chi connectivity index (χ0) is 23.0. The Morgan fingerprint density at radius 3 is 2.48 bits per heavy atom. The first-order valence-electron chi connectivity index (χ1n) is 10.9. The third-order valence-electron chi connectivity index (χ3n) is 5.69. The number of piperidine rings is 1. The lowest BCUT2D eigenvalue weighted by Crippen LogP contribution is -2.43. The Balaban J connectivity index is 1.37. The van der Waals surface area contributed by atoms with E-state index in [9.17, 15) is 14.9 Å². The maximum absolute atomic E-state index is 13.3. The molecule has 0 atom stereocenters. The number of amides is 2. The van der Waals surface area contributed by atoms with Gasteiger partial charge in [-0.15, -0.1) is 0 Å². The molecule has 166 valence electrons. The average Bonchev–Trinajstić information content (AvgIpc) is 2.88. The molecule has 4 rings (SSSR count). The summed E-state index contributed by atoms with van der Waals surface area (Å²) in [5.41, 5.74) is 2.17. The number of pyridine rings is 1. The van der Waals surface area contributed by atoms with Gasteiger partial charge in [0, 0.05) is 47.7 Å². The third kappa shape index (κ3) is 5.60. The summed E-state index contributed by atoms with van der Waals surface area (Å²) in [6.45, 7) is 1.54. The van der Waals surface area contributed by atoms with Crippen molar-refractivity contribution < 1.29 is 9.59 Å². The van der Waals surface area contributed by atoms with E-state index in [1.807, 2.05) is 59.5 Å². The summed E-state index contributed by atoms with van der Waals surface area (Å²) in [5.74, 6) is -0.116. The van der Waals surface area contributed by atoms with Crippen molar-refractivity contribution in [2.75, 3.05) is 13.1 Å². The van der Waals surface area contributed by atoms with Crippen molar-refractivity contribution in [3.8, 4) is 6.07 Å². The molecular formula is C26H24N4O2S.